The van der Waals surface area contributed by atoms with Gasteiger partial charge in [-0.1, -0.05) is 22.0 Å². The van der Waals surface area contributed by atoms with Gasteiger partial charge in [0.25, 0.3) is 0 Å². The lowest BCUT2D eigenvalue weighted by atomic mass is 9.85. The van der Waals surface area contributed by atoms with Gasteiger partial charge >= 0.3 is 6.03 Å². The fourth-order valence-corrected chi connectivity index (χ4v) is 2.79. The first-order valence-electron chi connectivity index (χ1n) is 6.02. The van der Waals surface area contributed by atoms with E-state index < -0.39 is 0 Å². The molecule has 1 aliphatic heterocycles. The van der Waals surface area contributed by atoms with Crippen molar-refractivity contribution in [2.75, 3.05) is 11.4 Å². The minimum atomic E-state index is -0.385. The zero-order valence-corrected chi connectivity index (χ0v) is 12.3. The fraction of sp³-hybridized carbons (Fsp3) is 0.357. The molecule has 0 saturated heterocycles. The van der Waals surface area contributed by atoms with E-state index >= 15 is 0 Å². The van der Waals surface area contributed by atoms with Gasteiger partial charge in [-0.25, -0.2) is 4.79 Å². The summed E-state index contributed by atoms with van der Waals surface area (Å²) in [6.45, 7) is 8.45. The molecule has 0 bridgehead atoms. The number of carbonyl (C=O) groups is 1. The Bertz CT molecular complexity index is 501. The van der Waals surface area contributed by atoms with Gasteiger partial charge in [-0.2, -0.15) is 0 Å². The second-order valence-corrected chi connectivity index (χ2v) is 5.58. The van der Waals surface area contributed by atoms with Gasteiger partial charge in [-0.05, 0) is 38.5 Å². The van der Waals surface area contributed by atoms with Crippen LogP contribution in [-0.2, 0) is 5.54 Å². The van der Waals surface area contributed by atoms with Gasteiger partial charge in [0.1, 0.15) is 0 Å². The molecule has 1 aliphatic rings. The molecule has 0 saturated carbocycles. The van der Waals surface area contributed by atoms with Crippen molar-refractivity contribution in [2.24, 2.45) is 0 Å². The number of anilines is 1. The van der Waals surface area contributed by atoms with Gasteiger partial charge in [0.2, 0.25) is 0 Å². The fourth-order valence-electron chi connectivity index (χ4n) is 2.43. The molecule has 0 aromatic heterocycles. The van der Waals surface area contributed by atoms with Crippen molar-refractivity contribution in [1.82, 2.24) is 5.32 Å². The average molecular weight is 309 g/mol. The third kappa shape index (κ3) is 2.05. The highest BCUT2D eigenvalue weighted by Gasteiger charge is 2.37. The van der Waals surface area contributed by atoms with Crippen LogP contribution in [0.4, 0.5) is 10.5 Å². The Labute approximate surface area is 116 Å². The van der Waals surface area contributed by atoms with E-state index in [0.29, 0.717) is 13.0 Å². The number of carbonyl (C=O) groups excluding carboxylic acids is 1. The predicted molar refractivity (Wildman–Crippen MR) is 77.9 cm³/mol. The van der Waals surface area contributed by atoms with Crippen LogP contribution >= 0.6 is 15.9 Å². The number of urea groups is 1. The summed E-state index contributed by atoms with van der Waals surface area (Å²) in [4.78, 5) is 13.9. The topological polar surface area (TPSA) is 32.3 Å². The Morgan fingerprint density at radius 3 is 2.89 bits per heavy atom. The lowest BCUT2D eigenvalue weighted by molar-refractivity contribution is 0.230. The second kappa shape index (κ2) is 4.76. The van der Waals surface area contributed by atoms with Crippen molar-refractivity contribution in [1.29, 1.82) is 0 Å². The maximum absolute atomic E-state index is 12.1. The highest BCUT2D eigenvalue weighted by atomic mass is 79.9. The lowest BCUT2D eigenvalue weighted by Crippen LogP contribution is -2.54. The minimum Gasteiger partial charge on any atom is -0.328 e. The van der Waals surface area contributed by atoms with Gasteiger partial charge in [0.15, 0.2) is 0 Å². The van der Waals surface area contributed by atoms with Crippen molar-refractivity contribution < 1.29 is 4.79 Å². The van der Waals surface area contributed by atoms with Crippen LogP contribution in [0.2, 0.25) is 0 Å². The lowest BCUT2D eigenvalue weighted by Gasteiger charge is -2.41. The number of nitrogens with zero attached hydrogens (tertiary/aromatic N) is 1. The number of rotatable bonds is 3. The molecule has 0 aliphatic carbocycles. The van der Waals surface area contributed by atoms with E-state index in [0.717, 1.165) is 15.7 Å². The van der Waals surface area contributed by atoms with E-state index in [1.807, 2.05) is 32.1 Å². The Balaban J connectivity index is 2.60. The van der Waals surface area contributed by atoms with Gasteiger partial charge in [-0.3, -0.25) is 4.90 Å². The van der Waals surface area contributed by atoms with Crippen LogP contribution in [-0.4, -0.2) is 12.6 Å². The normalized spacial score (nSPS) is 22.4. The summed E-state index contributed by atoms with van der Waals surface area (Å²) in [7, 11) is 0. The van der Waals surface area contributed by atoms with E-state index in [-0.39, 0.29) is 11.6 Å². The van der Waals surface area contributed by atoms with Crippen LogP contribution < -0.4 is 10.2 Å². The molecule has 18 heavy (non-hydrogen) atoms. The molecule has 1 N–H and O–H groups in total. The smallest absolute Gasteiger partial charge is 0.322 e. The second-order valence-electron chi connectivity index (χ2n) is 4.66. The number of nitrogens with one attached hydrogen (secondary N) is 1. The molecule has 4 heteroatoms. The van der Waals surface area contributed by atoms with Crippen LogP contribution in [0, 0.1) is 0 Å². The monoisotopic (exact) mass is 308 g/mol. The summed E-state index contributed by atoms with van der Waals surface area (Å²) in [6, 6.07) is 5.98. The van der Waals surface area contributed by atoms with Gasteiger partial charge in [0, 0.05) is 16.6 Å². The summed E-state index contributed by atoms with van der Waals surface area (Å²) in [5.41, 5.74) is 1.72. The highest BCUT2D eigenvalue weighted by Crippen LogP contribution is 2.38. The number of hydrogen-bond donors (Lipinski definition) is 1. The molecule has 1 aromatic rings. The van der Waals surface area contributed by atoms with Crippen LogP contribution in [0.1, 0.15) is 25.8 Å². The van der Waals surface area contributed by atoms with Crippen molar-refractivity contribution in [3.63, 3.8) is 0 Å². The van der Waals surface area contributed by atoms with Crippen LogP contribution in [0.15, 0.2) is 35.3 Å². The summed E-state index contributed by atoms with van der Waals surface area (Å²) < 4.78 is 1.02. The molecule has 1 atom stereocenters. The Morgan fingerprint density at radius 2 is 2.28 bits per heavy atom. The van der Waals surface area contributed by atoms with E-state index in [1.165, 1.54) is 0 Å². The number of halogens is 1. The Morgan fingerprint density at radius 1 is 1.56 bits per heavy atom. The van der Waals surface area contributed by atoms with E-state index in [2.05, 4.69) is 33.9 Å². The van der Waals surface area contributed by atoms with E-state index in [1.54, 1.807) is 4.90 Å². The predicted octanol–water partition coefficient (Wildman–Crippen LogP) is 3.79. The quantitative estimate of drug-likeness (QED) is 0.847. The first-order chi connectivity index (χ1) is 8.51. The van der Waals surface area contributed by atoms with Crippen molar-refractivity contribution in [3.8, 4) is 0 Å². The molecule has 2 amide bonds. The molecule has 0 fully saturated rings. The molecule has 96 valence electrons. The molecular weight excluding hydrogens is 292 g/mol. The standard InChI is InChI=1S/C14H17BrN2O/c1-4-8-14(3)11-9-10(15)6-7-12(11)17(5-2)13(18)16-14/h4,6-7,9H,1,5,8H2,2-3H3,(H,16,18). The maximum atomic E-state index is 12.1. The summed E-state index contributed by atoms with van der Waals surface area (Å²) in [5, 5.41) is 3.07. The van der Waals surface area contributed by atoms with Gasteiger partial charge in [-0.15, -0.1) is 6.58 Å². The SMILES string of the molecule is C=CCC1(C)NC(=O)N(CC)c2ccc(Br)cc21. The first kappa shape index (κ1) is 13.1. The molecule has 1 heterocycles. The summed E-state index contributed by atoms with van der Waals surface area (Å²) in [6.07, 6.45) is 2.55. The van der Waals surface area contributed by atoms with Crippen LogP contribution in [0.3, 0.4) is 0 Å². The number of fused-ring (bicyclic) bond motifs is 1. The molecule has 0 radical (unpaired) electrons. The maximum Gasteiger partial charge on any atom is 0.322 e. The molecule has 0 spiro atoms. The number of amides is 2. The van der Waals surface area contributed by atoms with E-state index in [4.69, 9.17) is 0 Å². The van der Waals surface area contributed by atoms with Crippen molar-refractivity contribution >= 4 is 27.6 Å². The Kier molecular flexibility index (Phi) is 3.48. The Hall–Kier alpha value is -1.29. The van der Waals surface area contributed by atoms with Crippen molar-refractivity contribution in [2.45, 2.75) is 25.8 Å². The zero-order chi connectivity index (χ0) is 13.3. The molecule has 1 aromatic carbocycles. The third-order valence-corrected chi connectivity index (χ3v) is 3.83. The number of benzene rings is 1. The van der Waals surface area contributed by atoms with Crippen molar-refractivity contribution in [3.05, 3.63) is 40.9 Å². The summed E-state index contributed by atoms with van der Waals surface area (Å²) >= 11 is 3.49. The van der Waals surface area contributed by atoms with Gasteiger partial charge < -0.3 is 5.32 Å². The highest BCUT2D eigenvalue weighted by molar-refractivity contribution is 9.10. The first-order valence-corrected chi connectivity index (χ1v) is 6.81. The third-order valence-electron chi connectivity index (χ3n) is 3.34. The molecular formula is C14H17BrN2O. The molecule has 1 unspecified atom stereocenters. The van der Waals surface area contributed by atoms with Crippen LogP contribution in [0.5, 0.6) is 0 Å². The largest absolute Gasteiger partial charge is 0.328 e. The average Bonchev–Trinajstić information content (AvgIpc) is 2.31. The van der Waals surface area contributed by atoms with E-state index in [9.17, 15) is 4.79 Å². The molecule has 3 nitrogen and oxygen atoms in total. The molecule has 2 rings (SSSR count). The minimum absolute atomic E-state index is 0.0447. The zero-order valence-electron chi connectivity index (χ0n) is 10.7. The summed E-state index contributed by atoms with van der Waals surface area (Å²) in [5.74, 6) is 0. The van der Waals surface area contributed by atoms with Gasteiger partial charge in [0.05, 0.1) is 11.2 Å². The number of hydrogen-bond acceptors (Lipinski definition) is 1. The van der Waals surface area contributed by atoms with Crippen LogP contribution in [0.25, 0.3) is 0 Å².